The summed E-state index contributed by atoms with van der Waals surface area (Å²) in [5.41, 5.74) is 6.41. The van der Waals surface area contributed by atoms with Gasteiger partial charge in [-0.1, -0.05) is 50.2 Å². The second kappa shape index (κ2) is 17.9. The van der Waals surface area contributed by atoms with Crippen molar-refractivity contribution in [3.63, 3.8) is 0 Å². The molecular formula is C28H32N2NiO4. The molecular weight excluding hydrogens is 487 g/mol. The van der Waals surface area contributed by atoms with Crippen LogP contribution in [0.5, 0.6) is 0 Å². The van der Waals surface area contributed by atoms with E-state index in [1.54, 1.807) is 0 Å². The Bertz CT molecular complexity index is 1030. The molecule has 0 aliphatic heterocycles. The molecule has 7 heteroatoms. The molecule has 0 aliphatic carbocycles. The zero-order chi connectivity index (χ0) is 26.3. The molecule has 0 heterocycles. The Morgan fingerprint density at radius 1 is 0.657 bits per heavy atom. The van der Waals surface area contributed by atoms with E-state index in [0.29, 0.717) is 0 Å². The second-order valence-corrected chi connectivity index (χ2v) is 7.66. The summed E-state index contributed by atoms with van der Waals surface area (Å²) in [7, 11) is 0. The van der Waals surface area contributed by atoms with Crippen LogP contribution >= 0.6 is 0 Å². The summed E-state index contributed by atoms with van der Waals surface area (Å²) in [5.74, 6) is 4.84. The van der Waals surface area contributed by atoms with Gasteiger partial charge in [0.25, 0.3) is 0 Å². The largest absolute Gasteiger partial charge is 2.00 e. The van der Waals surface area contributed by atoms with Gasteiger partial charge in [0.2, 0.25) is 0 Å². The Morgan fingerprint density at radius 3 is 1.09 bits per heavy atom. The number of carbonyl (C=O) groups is 2. The Labute approximate surface area is 218 Å². The fraction of sp³-hybridized carbons (Fsp3) is 0.286. The van der Waals surface area contributed by atoms with Crippen LogP contribution in [0.3, 0.4) is 0 Å². The van der Waals surface area contributed by atoms with Crippen LogP contribution in [0.4, 0.5) is 11.4 Å². The number of hydrogen-bond acceptors (Lipinski definition) is 6. The molecule has 35 heavy (non-hydrogen) atoms. The Balaban J connectivity index is 0. The molecule has 0 saturated carbocycles. The molecule has 0 fully saturated rings. The molecule has 0 amide bonds. The number of rotatable bonds is 4. The van der Waals surface area contributed by atoms with Gasteiger partial charge in [-0.25, -0.2) is 0 Å². The van der Waals surface area contributed by atoms with Gasteiger partial charge in [-0.2, -0.15) is 9.98 Å². The van der Waals surface area contributed by atoms with Gasteiger partial charge in [0, 0.05) is 0 Å². The van der Waals surface area contributed by atoms with Crippen LogP contribution < -0.4 is 10.2 Å². The van der Waals surface area contributed by atoms with Gasteiger partial charge < -0.3 is 10.2 Å². The maximum atomic E-state index is 9.98. The van der Waals surface area contributed by atoms with Crippen LogP contribution in [0.25, 0.3) is 0 Å². The zero-order valence-corrected chi connectivity index (χ0v) is 22.5. The van der Waals surface area contributed by atoms with Gasteiger partial charge in [-0.15, -0.1) is 11.5 Å². The van der Waals surface area contributed by atoms with E-state index in [1.807, 2.05) is 64.1 Å². The number of ketones is 2. The van der Waals surface area contributed by atoms with Crippen molar-refractivity contribution < 1.29 is 36.3 Å². The summed E-state index contributed by atoms with van der Waals surface area (Å²) in [6, 6.07) is 12.2. The second-order valence-electron chi connectivity index (χ2n) is 7.66. The molecule has 0 aromatic heterocycles. The van der Waals surface area contributed by atoms with E-state index >= 15 is 0 Å². The topological polar surface area (TPSA) is 105 Å². The van der Waals surface area contributed by atoms with E-state index in [4.69, 9.17) is 0 Å². The number of benzene rings is 2. The fourth-order valence-corrected chi connectivity index (χ4v) is 2.70. The molecule has 0 saturated heterocycles. The molecule has 0 atom stereocenters. The average molecular weight is 519 g/mol. The molecule has 6 nitrogen and oxygen atoms in total. The zero-order valence-electron chi connectivity index (χ0n) is 21.5. The van der Waals surface area contributed by atoms with E-state index in [2.05, 4.69) is 21.7 Å². The summed E-state index contributed by atoms with van der Waals surface area (Å²) in [6.45, 7) is 13.5. The predicted octanol–water partition coefficient (Wildman–Crippen LogP) is 4.46. The molecule has 0 bridgehead atoms. The summed E-state index contributed by atoms with van der Waals surface area (Å²) in [6.07, 6.45) is 2.11. The van der Waals surface area contributed by atoms with Crippen molar-refractivity contribution in [1.29, 1.82) is 0 Å². The number of nitrogens with zero attached hydrogens (tertiary/aromatic N) is 2. The monoisotopic (exact) mass is 518 g/mol. The molecule has 188 valence electrons. The van der Waals surface area contributed by atoms with E-state index in [-0.39, 0.29) is 39.6 Å². The van der Waals surface area contributed by atoms with Crippen molar-refractivity contribution in [2.75, 3.05) is 0 Å². The molecule has 0 radical (unpaired) electrons. The van der Waals surface area contributed by atoms with Gasteiger partial charge >= 0.3 is 16.5 Å². The fourth-order valence-electron chi connectivity index (χ4n) is 2.70. The first-order chi connectivity index (χ1) is 15.8. The molecule has 0 N–H and O–H groups in total. The van der Waals surface area contributed by atoms with Crippen LogP contribution in [0.1, 0.15) is 49.9 Å². The van der Waals surface area contributed by atoms with Crippen LogP contribution in [0.15, 0.2) is 70.1 Å². The van der Waals surface area contributed by atoms with Gasteiger partial charge in [0.15, 0.2) is 11.6 Å². The number of allylic oxidation sites excluding steroid dienone is 4. The smallest absolute Gasteiger partial charge is 0.876 e. The summed E-state index contributed by atoms with van der Waals surface area (Å²) < 4.78 is 0. The van der Waals surface area contributed by atoms with Crippen molar-refractivity contribution in [3.8, 4) is 0 Å². The minimum absolute atomic E-state index is 0. The number of hydrogen-bond donors (Lipinski definition) is 0. The molecule has 0 unspecified atom stereocenters. The average Bonchev–Trinajstić information content (AvgIpc) is 2.67. The maximum absolute atomic E-state index is 9.98. The molecule has 0 spiro atoms. The van der Waals surface area contributed by atoms with Crippen LogP contribution in [-0.4, -0.2) is 23.3 Å². The minimum atomic E-state index is -0.187. The Kier molecular flexibility index (Phi) is 17.2. The summed E-state index contributed by atoms with van der Waals surface area (Å²) >= 11 is 0. The molecule has 0 aliphatic rings. The van der Waals surface area contributed by atoms with Gasteiger partial charge in [0.1, 0.15) is 0 Å². The number of carbonyl (C=O) groups excluding carboxylic acids is 2. The normalized spacial score (nSPS) is 10.1. The van der Waals surface area contributed by atoms with Gasteiger partial charge in [0.05, 0.1) is 23.1 Å². The van der Waals surface area contributed by atoms with Crippen LogP contribution in [-0.2, 0) is 26.1 Å². The number of para-hydroxylation sites is 2. The van der Waals surface area contributed by atoms with Crippen molar-refractivity contribution in [3.05, 3.63) is 82.3 Å². The molecule has 2 aromatic carbocycles. The van der Waals surface area contributed by atoms with Crippen molar-refractivity contribution in [1.82, 2.24) is 0 Å². The SMILES string of the molecule is CC(=O)/C=C(/C)[O-].CC(=O)/C=C(/C)[O-].Cc1cccc(C)c1N=C=C=Nc1c(C)cccc1C.[Ni+2]. The van der Waals surface area contributed by atoms with Gasteiger partial charge in [-0.05, 0) is 75.9 Å². The van der Waals surface area contributed by atoms with Crippen molar-refractivity contribution in [2.24, 2.45) is 9.98 Å². The van der Waals surface area contributed by atoms with Crippen LogP contribution in [0.2, 0.25) is 0 Å². The summed E-state index contributed by atoms with van der Waals surface area (Å²) in [4.78, 5) is 28.6. The first-order valence-corrected chi connectivity index (χ1v) is 10.6. The summed E-state index contributed by atoms with van der Waals surface area (Å²) in [5, 5.41) is 20.0. The Hall–Kier alpha value is -3.49. The molecule has 2 aromatic rings. The maximum Gasteiger partial charge on any atom is 2.00 e. The quantitative estimate of drug-likeness (QED) is 0.258. The first-order valence-electron chi connectivity index (χ1n) is 10.6. The van der Waals surface area contributed by atoms with E-state index in [1.165, 1.54) is 27.7 Å². The third kappa shape index (κ3) is 15.9. The third-order valence-electron chi connectivity index (χ3n) is 4.08. The van der Waals surface area contributed by atoms with Crippen molar-refractivity contribution in [2.45, 2.75) is 55.4 Å². The Morgan fingerprint density at radius 2 is 0.914 bits per heavy atom. The first kappa shape index (κ1) is 33.7. The predicted molar refractivity (Wildman–Crippen MR) is 135 cm³/mol. The van der Waals surface area contributed by atoms with Crippen LogP contribution in [0, 0.1) is 27.7 Å². The van der Waals surface area contributed by atoms with Gasteiger partial charge in [-0.3, -0.25) is 9.59 Å². The van der Waals surface area contributed by atoms with E-state index < -0.39 is 0 Å². The molecule has 2 rings (SSSR count). The number of aryl methyl sites for hydroxylation is 4. The van der Waals surface area contributed by atoms with E-state index in [9.17, 15) is 19.8 Å². The number of aliphatic imine (C=N–C) groups is 2. The minimum Gasteiger partial charge on any atom is -0.876 e. The third-order valence-corrected chi connectivity index (χ3v) is 4.08. The van der Waals surface area contributed by atoms with E-state index in [0.717, 1.165) is 45.8 Å². The standard InChI is InChI=1S/C18H18N2.2C5H8O2.Ni/c1-13-7-5-8-14(2)17(13)19-11-12-20-18-15(3)9-6-10-16(18)4;2*1-4(6)3-5(2)7;/h5-10H,1-4H3;2*3,6H,1-2H3;/q;;;+2/p-2/b;2*4-3-;. The van der Waals surface area contributed by atoms with Crippen molar-refractivity contribution >= 4 is 34.7 Å².